The fourth-order valence-electron chi connectivity index (χ4n) is 2.63. The normalized spacial score (nSPS) is 25.4. The second kappa shape index (κ2) is 5.34. The number of rotatable bonds is 3. The maximum atomic E-state index is 12.1. The first-order chi connectivity index (χ1) is 9.71. The number of likely N-dealkylation sites (tertiary alicyclic amines) is 1. The maximum Gasteiger partial charge on any atom is 0.407 e. The Morgan fingerprint density at radius 1 is 1.29 bits per heavy atom. The fourth-order valence-corrected chi connectivity index (χ4v) is 2.63. The Morgan fingerprint density at radius 2 is 1.86 bits per heavy atom. The van der Waals surface area contributed by atoms with E-state index in [1.165, 1.54) is 13.8 Å². The van der Waals surface area contributed by atoms with E-state index >= 15 is 0 Å². The Hall–Kier alpha value is -2.12. The van der Waals surface area contributed by atoms with Crippen LogP contribution in [0.15, 0.2) is 0 Å². The number of nitrogens with zero attached hydrogens (tertiary/aromatic N) is 1. The van der Waals surface area contributed by atoms with E-state index in [4.69, 9.17) is 14.6 Å². The summed E-state index contributed by atoms with van der Waals surface area (Å²) in [6, 6.07) is -0.509. The van der Waals surface area contributed by atoms with Crippen LogP contribution in [-0.2, 0) is 23.9 Å². The minimum absolute atomic E-state index is 0.193. The smallest absolute Gasteiger partial charge is 0.407 e. The van der Waals surface area contributed by atoms with E-state index in [1.54, 1.807) is 0 Å². The van der Waals surface area contributed by atoms with Crippen molar-refractivity contribution in [2.75, 3.05) is 6.54 Å². The number of esters is 2. The third-order valence-electron chi connectivity index (χ3n) is 3.55. The summed E-state index contributed by atoms with van der Waals surface area (Å²) in [5.74, 6) is -5.55. The third-order valence-corrected chi connectivity index (χ3v) is 3.55. The lowest BCUT2D eigenvalue weighted by atomic mass is 9.96. The topological polar surface area (TPSA) is 110 Å². The lowest BCUT2D eigenvalue weighted by molar-refractivity contribution is -0.238. The molecule has 2 rings (SSSR count). The standard InChI is InChI=1S/C13H17NO7/c1-13(2)20-10(16)9(11(17)21-13)8(15)6-7-4-3-5-14(7)12(18)19/h7,9H,3-6H2,1-2H3,(H,18,19)/t7-/m0/s1. The van der Waals surface area contributed by atoms with E-state index in [0.29, 0.717) is 19.4 Å². The zero-order valence-corrected chi connectivity index (χ0v) is 11.8. The number of ketones is 1. The number of Topliss-reactive ketones (excluding diaryl/α,β-unsaturated/α-hetero) is 1. The largest absolute Gasteiger partial charge is 0.465 e. The first-order valence-electron chi connectivity index (χ1n) is 6.69. The van der Waals surface area contributed by atoms with Gasteiger partial charge >= 0.3 is 18.0 Å². The molecule has 1 atom stereocenters. The average molecular weight is 299 g/mol. The number of carbonyl (C=O) groups excluding carboxylic acids is 3. The number of ether oxygens (including phenoxy) is 2. The molecule has 2 aliphatic rings. The number of hydrogen-bond acceptors (Lipinski definition) is 6. The Labute approximate surface area is 121 Å². The van der Waals surface area contributed by atoms with Crippen LogP contribution in [0.5, 0.6) is 0 Å². The number of carboxylic acid groups (broad SMARTS) is 1. The Morgan fingerprint density at radius 3 is 2.38 bits per heavy atom. The number of cyclic esters (lactones) is 2. The molecule has 21 heavy (non-hydrogen) atoms. The molecule has 8 nitrogen and oxygen atoms in total. The van der Waals surface area contributed by atoms with Crippen LogP contribution >= 0.6 is 0 Å². The van der Waals surface area contributed by atoms with Gasteiger partial charge in [0.1, 0.15) is 0 Å². The molecule has 0 aromatic rings. The molecule has 116 valence electrons. The third kappa shape index (κ3) is 3.14. The fraction of sp³-hybridized carbons (Fsp3) is 0.692. The summed E-state index contributed by atoms with van der Waals surface area (Å²) in [6.45, 7) is 3.14. The maximum absolute atomic E-state index is 12.1. The highest BCUT2D eigenvalue weighted by atomic mass is 16.7. The molecule has 2 fully saturated rings. The molecule has 0 unspecified atom stereocenters. The summed E-state index contributed by atoms with van der Waals surface area (Å²) in [5.41, 5.74) is 0. The van der Waals surface area contributed by atoms with Gasteiger partial charge in [0.15, 0.2) is 5.78 Å². The van der Waals surface area contributed by atoms with E-state index in [-0.39, 0.29) is 6.42 Å². The summed E-state index contributed by atoms with van der Waals surface area (Å²) >= 11 is 0. The summed E-state index contributed by atoms with van der Waals surface area (Å²) in [5, 5.41) is 9.01. The van der Waals surface area contributed by atoms with Crippen LogP contribution in [0.4, 0.5) is 4.79 Å². The lowest BCUT2D eigenvalue weighted by Crippen LogP contribution is -2.50. The highest BCUT2D eigenvalue weighted by molar-refractivity contribution is 6.16. The second-order valence-electron chi connectivity index (χ2n) is 5.62. The van der Waals surface area contributed by atoms with Crippen LogP contribution in [0.25, 0.3) is 0 Å². The number of hydrogen-bond donors (Lipinski definition) is 1. The van der Waals surface area contributed by atoms with Crippen molar-refractivity contribution in [3.05, 3.63) is 0 Å². The molecule has 0 aliphatic carbocycles. The van der Waals surface area contributed by atoms with E-state index in [0.717, 1.165) is 4.90 Å². The summed E-state index contributed by atoms with van der Waals surface area (Å²) < 4.78 is 9.77. The monoisotopic (exact) mass is 299 g/mol. The van der Waals surface area contributed by atoms with Gasteiger partial charge in [-0.25, -0.2) is 4.79 Å². The molecule has 8 heteroatoms. The van der Waals surface area contributed by atoms with Gasteiger partial charge in [-0.1, -0.05) is 0 Å². The van der Waals surface area contributed by atoms with Gasteiger partial charge in [-0.05, 0) is 12.8 Å². The van der Waals surface area contributed by atoms with Crippen LogP contribution in [0.2, 0.25) is 0 Å². The van der Waals surface area contributed by atoms with Gasteiger partial charge in [-0.3, -0.25) is 14.4 Å². The Kier molecular flexibility index (Phi) is 3.89. The van der Waals surface area contributed by atoms with Gasteiger partial charge in [0, 0.05) is 32.9 Å². The average Bonchev–Trinajstić information content (AvgIpc) is 2.73. The van der Waals surface area contributed by atoms with Crippen molar-refractivity contribution in [1.29, 1.82) is 0 Å². The molecule has 0 bridgehead atoms. The van der Waals surface area contributed by atoms with E-state index < -0.39 is 41.6 Å². The summed E-state index contributed by atoms with van der Waals surface area (Å²) in [6.07, 6.45) is -0.126. The number of amides is 1. The SMILES string of the molecule is CC1(C)OC(=O)C(C(=O)C[C@@H]2CCCN2C(=O)O)C(=O)O1. The molecule has 1 N–H and O–H groups in total. The van der Waals surface area contributed by atoms with Crippen LogP contribution in [-0.4, -0.2) is 52.2 Å². The van der Waals surface area contributed by atoms with E-state index in [9.17, 15) is 19.2 Å². The summed E-state index contributed by atoms with van der Waals surface area (Å²) in [7, 11) is 0. The van der Waals surface area contributed by atoms with Crippen molar-refractivity contribution in [2.45, 2.75) is 44.9 Å². The lowest BCUT2D eigenvalue weighted by Gasteiger charge is -2.32. The van der Waals surface area contributed by atoms with Gasteiger partial charge < -0.3 is 19.5 Å². The van der Waals surface area contributed by atoms with Crippen molar-refractivity contribution in [1.82, 2.24) is 4.90 Å². The van der Waals surface area contributed by atoms with Crippen molar-refractivity contribution < 1.29 is 33.8 Å². The molecular weight excluding hydrogens is 282 g/mol. The molecule has 0 spiro atoms. The Bertz CT molecular complexity index is 479. The Balaban J connectivity index is 2.05. The quantitative estimate of drug-likeness (QED) is 0.598. The first-order valence-corrected chi connectivity index (χ1v) is 6.69. The molecule has 2 heterocycles. The van der Waals surface area contributed by atoms with Gasteiger partial charge in [0.2, 0.25) is 5.92 Å². The molecule has 0 aromatic heterocycles. The molecule has 0 aromatic carbocycles. The number of carbonyl (C=O) groups is 4. The van der Waals surface area contributed by atoms with E-state index in [1.807, 2.05) is 0 Å². The predicted molar refractivity (Wildman–Crippen MR) is 67.1 cm³/mol. The van der Waals surface area contributed by atoms with Crippen LogP contribution in [0.1, 0.15) is 33.1 Å². The molecule has 0 saturated carbocycles. The van der Waals surface area contributed by atoms with Crippen molar-refractivity contribution in [3.63, 3.8) is 0 Å². The highest BCUT2D eigenvalue weighted by Gasteiger charge is 2.48. The predicted octanol–water partition coefficient (Wildman–Crippen LogP) is 0.540. The van der Waals surface area contributed by atoms with Gasteiger partial charge in [-0.2, -0.15) is 0 Å². The van der Waals surface area contributed by atoms with Crippen molar-refractivity contribution in [2.24, 2.45) is 5.92 Å². The van der Waals surface area contributed by atoms with E-state index in [2.05, 4.69) is 0 Å². The minimum atomic E-state index is -1.62. The molecule has 0 radical (unpaired) electrons. The van der Waals surface area contributed by atoms with Gasteiger partial charge in [0.25, 0.3) is 5.79 Å². The first kappa shape index (κ1) is 15.3. The summed E-state index contributed by atoms with van der Waals surface area (Å²) in [4.78, 5) is 47.9. The second-order valence-corrected chi connectivity index (χ2v) is 5.62. The van der Waals surface area contributed by atoms with Gasteiger partial charge in [-0.15, -0.1) is 0 Å². The molecule has 2 aliphatic heterocycles. The van der Waals surface area contributed by atoms with Crippen LogP contribution < -0.4 is 0 Å². The molecular formula is C13H17NO7. The zero-order valence-electron chi connectivity index (χ0n) is 11.8. The van der Waals surface area contributed by atoms with Crippen LogP contribution in [0, 0.1) is 5.92 Å². The van der Waals surface area contributed by atoms with Crippen molar-refractivity contribution in [3.8, 4) is 0 Å². The minimum Gasteiger partial charge on any atom is -0.465 e. The molecule has 2 saturated heterocycles. The molecule has 1 amide bonds. The van der Waals surface area contributed by atoms with Gasteiger partial charge in [0.05, 0.1) is 0 Å². The van der Waals surface area contributed by atoms with Crippen molar-refractivity contribution >= 4 is 23.8 Å². The highest BCUT2D eigenvalue weighted by Crippen LogP contribution is 2.27. The van der Waals surface area contributed by atoms with Crippen LogP contribution in [0.3, 0.4) is 0 Å². The zero-order chi connectivity index (χ0) is 15.8.